The van der Waals surface area contributed by atoms with Crippen molar-refractivity contribution >= 4 is 9.76 Å². The van der Waals surface area contributed by atoms with Gasteiger partial charge in [0.05, 0.1) is 12.2 Å². The second-order valence-corrected chi connectivity index (χ2v) is 7.88. The summed E-state index contributed by atoms with van der Waals surface area (Å²) < 4.78 is 43.3. The van der Waals surface area contributed by atoms with Gasteiger partial charge in [0.2, 0.25) is 0 Å². The van der Waals surface area contributed by atoms with Crippen LogP contribution in [-0.2, 0) is 20.3 Å². The molecule has 0 bridgehead atoms. The third kappa shape index (κ3) is 9.47. The normalized spacial score (nSPS) is 12.4. The first-order chi connectivity index (χ1) is 11.4. The van der Waals surface area contributed by atoms with Gasteiger partial charge in [-0.25, -0.2) is 8.78 Å². The minimum Gasteiger partial charge on any atom is -0.379 e. The van der Waals surface area contributed by atoms with E-state index in [1.807, 2.05) is 27.7 Å². The number of hydrogen-bond acceptors (Lipinski definition) is 3. The predicted molar refractivity (Wildman–Crippen MR) is 94.6 cm³/mol. The van der Waals surface area contributed by atoms with Crippen molar-refractivity contribution < 1.29 is 22.7 Å². The van der Waals surface area contributed by atoms with Crippen LogP contribution in [-0.4, -0.2) is 28.4 Å². The van der Waals surface area contributed by atoms with Crippen molar-refractivity contribution in [2.75, 3.05) is 0 Å². The first-order valence-corrected chi connectivity index (χ1v) is 10.3. The maximum absolute atomic E-state index is 13.5. The second-order valence-electron chi connectivity index (χ2n) is 6.43. The maximum atomic E-state index is 13.5. The number of aryl methyl sites for hydroxylation is 1. The molecule has 24 heavy (non-hydrogen) atoms. The van der Waals surface area contributed by atoms with Crippen LogP contribution in [0.5, 0.6) is 0 Å². The highest BCUT2D eigenvalue weighted by atomic mass is 28.2. The molecule has 0 radical (unpaired) electrons. The number of unbranched alkanes of at least 4 members (excludes halogenated alkanes) is 2. The Kier molecular flexibility index (Phi) is 10.3. The first kappa shape index (κ1) is 21.2. The van der Waals surface area contributed by atoms with E-state index in [2.05, 4.69) is 0 Å². The van der Waals surface area contributed by atoms with Gasteiger partial charge in [0.25, 0.3) is 6.48 Å². The summed E-state index contributed by atoms with van der Waals surface area (Å²) in [4.78, 5) is 0. The molecule has 0 heterocycles. The van der Waals surface area contributed by atoms with E-state index < -0.39 is 27.9 Å². The van der Waals surface area contributed by atoms with Gasteiger partial charge < -0.3 is 13.9 Å². The second kappa shape index (κ2) is 11.7. The minimum absolute atomic E-state index is 0.0633. The number of benzene rings is 1. The van der Waals surface area contributed by atoms with Gasteiger partial charge in [0.1, 0.15) is 11.6 Å². The van der Waals surface area contributed by atoms with Crippen molar-refractivity contribution in [1.29, 1.82) is 0 Å². The molecule has 0 aliphatic heterocycles. The Bertz CT molecular complexity index is 460. The SMILES string of the molecule is CC(C)OC(O[SiH2]CCCCCc1ccc(F)cc1F)OC(C)C. The van der Waals surface area contributed by atoms with E-state index >= 15 is 0 Å². The summed E-state index contributed by atoms with van der Waals surface area (Å²) >= 11 is 0. The zero-order valence-corrected chi connectivity index (χ0v) is 16.6. The van der Waals surface area contributed by atoms with E-state index in [1.54, 1.807) is 0 Å². The molecule has 1 aromatic rings. The van der Waals surface area contributed by atoms with Crippen LogP contribution in [0.15, 0.2) is 18.2 Å². The van der Waals surface area contributed by atoms with E-state index in [4.69, 9.17) is 13.9 Å². The van der Waals surface area contributed by atoms with Gasteiger partial charge in [-0.05, 0) is 58.2 Å². The molecule has 6 heteroatoms. The summed E-state index contributed by atoms with van der Waals surface area (Å²) in [7, 11) is -0.700. The lowest BCUT2D eigenvalue weighted by molar-refractivity contribution is -0.275. The quantitative estimate of drug-likeness (QED) is 0.315. The fraction of sp³-hybridized carbons (Fsp3) is 0.667. The van der Waals surface area contributed by atoms with Crippen molar-refractivity contribution in [3.05, 3.63) is 35.4 Å². The molecule has 1 rings (SSSR count). The third-order valence-electron chi connectivity index (χ3n) is 3.38. The summed E-state index contributed by atoms with van der Waals surface area (Å²) in [5.41, 5.74) is 0.584. The molecule has 0 saturated heterocycles. The van der Waals surface area contributed by atoms with Crippen molar-refractivity contribution in [3.8, 4) is 0 Å². The summed E-state index contributed by atoms with van der Waals surface area (Å²) in [6.07, 6.45) is 3.72. The predicted octanol–water partition coefficient (Wildman–Crippen LogP) is 4.33. The molecule has 138 valence electrons. The van der Waals surface area contributed by atoms with Gasteiger partial charge in [0, 0.05) is 6.07 Å². The summed E-state index contributed by atoms with van der Waals surface area (Å²) in [5, 5.41) is 0. The molecule has 0 N–H and O–H groups in total. The minimum atomic E-state index is -0.700. The maximum Gasteiger partial charge on any atom is 0.262 e. The Morgan fingerprint density at radius 1 is 0.958 bits per heavy atom. The van der Waals surface area contributed by atoms with Crippen LogP contribution in [0.4, 0.5) is 8.78 Å². The Morgan fingerprint density at radius 2 is 1.62 bits per heavy atom. The van der Waals surface area contributed by atoms with Crippen LogP contribution >= 0.6 is 0 Å². The molecule has 0 atom stereocenters. The molecule has 0 saturated carbocycles. The zero-order chi connectivity index (χ0) is 17.9. The fourth-order valence-corrected chi connectivity index (χ4v) is 3.30. The van der Waals surface area contributed by atoms with Gasteiger partial charge in [-0.1, -0.05) is 18.9 Å². The number of rotatable bonds is 12. The molecular formula is C18H30F2O3Si. The molecule has 0 fully saturated rings. The standard InChI is InChI=1S/C18H30F2O3Si/c1-13(2)21-18(22-14(3)4)23-24-11-7-5-6-8-15-9-10-16(19)12-17(15)20/h9-10,12-14,18H,5-8,11,24H2,1-4H3. The Morgan fingerprint density at radius 3 is 2.21 bits per heavy atom. The van der Waals surface area contributed by atoms with Crippen LogP contribution in [0, 0.1) is 11.6 Å². The molecular weight excluding hydrogens is 330 g/mol. The van der Waals surface area contributed by atoms with Crippen LogP contribution in [0.3, 0.4) is 0 Å². The smallest absolute Gasteiger partial charge is 0.262 e. The fourth-order valence-electron chi connectivity index (χ4n) is 2.23. The highest BCUT2D eigenvalue weighted by molar-refractivity contribution is 6.27. The largest absolute Gasteiger partial charge is 0.379 e. The van der Waals surface area contributed by atoms with Crippen molar-refractivity contribution in [1.82, 2.24) is 0 Å². The van der Waals surface area contributed by atoms with E-state index in [1.165, 1.54) is 12.1 Å². The number of halogens is 2. The Balaban J connectivity index is 2.14. The van der Waals surface area contributed by atoms with E-state index in [-0.39, 0.29) is 12.2 Å². The molecule has 0 aliphatic carbocycles. The summed E-state index contributed by atoms with van der Waals surface area (Å²) in [6.45, 7) is 7.25. The lowest BCUT2D eigenvalue weighted by Crippen LogP contribution is -2.28. The summed E-state index contributed by atoms with van der Waals surface area (Å²) in [6, 6.07) is 4.81. The van der Waals surface area contributed by atoms with Crippen molar-refractivity contribution in [2.24, 2.45) is 0 Å². The van der Waals surface area contributed by atoms with Crippen LogP contribution in [0.25, 0.3) is 0 Å². The molecule has 0 aromatic heterocycles. The van der Waals surface area contributed by atoms with Crippen molar-refractivity contribution in [3.63, 3.8) is 0 Å². The molecule has 0 unspecified atom stereocenters. The Labute approximate surface area is 146 Å². The average Bonchev–Trinajstić information content (AvgIpc) is 2.46. The average molecular weight is 361 g/mol. The molecule has 0 spiro atoms. The van der Waals surface area contributed by atoms with Crippen molar-refractivity contribution in [2.45, 2.75) is 78.1 Å². The first-order valence-electron chi connectivity index (χ1n) is 8.75. The van der Waals surface area contributed by atoms with Gasteiger partial charge >= 0.3 is 0 Å². The third-order valence-corrected chi connectivity index (χ3v) is 4.67. The number of hydrogen-bond donors (Lipinski definition) is 0. The Hall–Kier alpha value is -0.823. The molecule has 0 amide bonds. The monoisotopic (exact) mass is 360 g/mol. The van der Waals surface area contributed by atoms with Gasteiger partial charge in [-0.2, -0.15) is 0 Å². The lowest BCUT2D eigenvalue weighted by atomic mass is 10.1. The highest BCUT2D eigenvalue weighted by Crippen LogP contribution is 2.14. The molecule has 0 aliphatic rings. The lowest BCUT2D eigenvalue weighted by Gasteiger charge is -2.23. The molecule has 1 aromatic carbocycles. The number of ether oxygens (including phenoxy) is 2. The van der Waals surface area contributed by atoms with Crippen LogP contribution in [0.2, 0.25) is 6.04 Å². The van der Waals surface area contributed by atoms with Crippen LogP contribution < -0.4 is 0 Å². The topological polar surface area (TPSA) is 27.7 Å². The summed E-state index contributed by atoms with van der Waals surface area (Å²) in [5.74, 6) is -0.978. The molecule has 3 nitrogen and oxygen atoms in total. The zero-order valence-electron chi connectivity index (χ0n) is 15.2. The van der Waals surface area contributed by atoms with Crippen LogP contribution in [0.1, 0.15) is 52.5 Å². The van der Waals surface area contributed by atoms with E-state index in [0.717, 1.165) is 31.4 Å². The van der Waals surface area contributed by atoms with E-state index in [0.29, 0.717) is 12.0 Å². The van der Waals surface area contributed by atoms with E-state index in [9.17, 15) is 8.78 Å². The van der Waals surface area contributed by atoms with Gasteiger partial charge in [-0.15, -0.1) is 0 Å². The van der Waals surface area contributed by atoms with Gasteiger partial charge in [0.15, 0.2) is 9.76 Å². The highest BCUT2D eigenvalue weighted by Gasteiger charge is 2.13. The van der Waals surface area contributed by atoms with Gasteiger partial charge in [-0.3, -0.25) is 0 Å².